The number of hydrogen-bond donors (Lipinski definition) is 1. The van der Waals surface area contributed by atoms with Crippen LogP contribution in [0.3, 0.4) is 0 Å². The van der Waals surface area contributed by atoms with Crippen LogP contribution in [0.4, 0.5) is 0 Å². The smallest absolute Gasteiger partial charge is 0.151 e. The lowest BCUT2D eigenvalue weighted by Gasteiger charge is -2.05. The van der Waals surface area contributed by atoms with Crippen LogP contribution in [0.2, 0.25) is 0 Å². The van der Waals surface area contributed by atoms with Crippen molar-refractivity contribution in [3.63, 3.8) is 0 Å². The molecule has 0 radical (unpaired) electrons. The van der Waals surface area contributed by atoms with Crippen LogP contribution < -0.4 is 0 Å². The van der Waals surface area contributed by atoms with Gasteiger partial charge in [0.15, 0.2) is 6.29 Å². The van der Waals surface area contributed by atoms with E-state index in [0.717, 1.165) is 12.8 Å². The van der Waals surface area contributed by atoms with Gasteiger partial charge in [-0.05, 0) is 13.3 Å². The summed E-state index contributed by atoms with van der Waals surface area (Å²) in [6.45, 7) is 3.93. The molecule has 0 saturated carbocycles. The lowest BCUT2D eigenvalue weighted by Crippen LogP contribution is -2.10. The van der Waals surface area contributed by atoms with Crippen molar-refractivity contribution < 1.29 is 14.6 Å². The molecule has 0 amide bonds. The SMILES string of the molecule is CCCCC(=O)CCOC(C)O. The molecule has 3 nitrogen and oxygen atoms in total. The van der Waals surface area contributed by atoms with E-state index < -0.39 is 6.29 Å². The molecule has 0 saturated heterocycles. The molecule has 0 aromatic rings. The van der Waals surface area contributed by atoms with Gasteiger partial charge in [-0.1, -0.05) is 13.3 Å². The second kappa shape index (κ2) is 7.25. The van der Waals surface area contributed by atoms with Gasteiger partial charge in [-0.25, -0.2) is 0 Å². The Labute approximate surface area is 73.7 Å². The van der Waals surface area contributed by atoms with E-state index in [-0.39, 0.29) is 5.78 Å². The molecule has 0 aliphatic carbocycles. The molecule has 12 heavy (non-hydrogen) atoms. The highest BCUT2D eigenvalue weighted by Gasteiger charge is 2.01. The third kappa shape index (κ3) is 7.69. The van der Waals surface area contributed by atoms with Crippen LogP contribution in [0, 0.1) is 0 Å². The van der Waals surface area contributed by atoms with Gasteiger partial charge in [-0.3, -0.25) is 4.79 Å². The fourth-order valence-electron chi connectivity index (χ4n) is 0.842. The summed E-state index contributed by atoms with van der Waals surface area (Å²) in [6, 6.07) is 0. The van der Waals surface area contributed by atoms with Gasteiger partial charge in [-0.15, -0.1) is 0 Å². The average molecular weight is 174 g/mol. The highest BCUT2D eigenvalue weighted by Crippen LogP contribution is 1.99. The molecule has 0 spiro atoms. The summed E-state index contributed by atoms with van der Waals surface area (Å²) in [5.74, 6) is 0.220. The average Bonchev–Trinajstić information content (AvgIpc) is 2.00. The third-order valence-electron chi connectivity index (χ3n) is 1.55. The number of aliphatic hydroxyl groups is 1. The molecule has 72 valence electrons. The largest absolute Gasteiger partial charge is 0.368 e. The van der Waals surface area contributed by atoms with E-state index in [1.165, 1.54) is 6.92 Å². The predicted molar refractivity (Wildman–Crippen MR) is 46.8 cm³/mol. The Morgan fingerprint density at radius 3 is 2.67 bits per heavy atom. The summed E-state index contributed by atoms with van der Waals surface area (Å²) in [5, 5.41) is 8.71. The summed E-state index contributed by atoms with van der Waals surface area (Å²) in [7, 11) is 0. The molecule has 0 aromatic heterocycles. The Morgan fingerprint density at radius 2 is 2.17 bits per heavy atom. The third-order valence-corrected chi connectivity index (χ3v) is 1.55. The fourth-order valence-corrected chi connectivity index (χ4v) is 0.842. The lowest BCUT2D eigenvalue weighted by atomic mass is 10.1. The number of carbonyl (C=O) groups is 1. The van der Waals surface area contributed by atoms with E-state index in [0.29, 0.717) is 19.4 Å². The first-order valence-electron chi connectivity index (χ1n) is 4.48. The Morgan fingerprint density at radius 1 is 1.50 bits per heavy atom. The van der Waals surface area contributed by atoms with Crippen molar-refractivity contribution in [1.29, 1.82) is 0 Å². The van der Waals surface area contributed by atoms with Gasteiger partial charge in [-0.2, -0.15) is 0 Å². The van der Waals surface area contributed by atoms with Crippen LogP contribution in [0.15, 0.2) is 0 Å². The molecule has 1 N–H and O–H groups in total. The van der Waals surface area contributed by atoms with Crippen molar-refractivity contribution >= 4 is 5.78 Å². The molecule has 0 aromatic carbocycles. The molecular formula is C9H18O3. The quantitative estimate of drug-likeness (QED) is 0.595. The van der Waals surface area contributed by atoms with E-state index in [2.05, 4.69) is 6.92 Å². The van der Waals surface area contributed by atoms with E-state index in [4.69, 9.17) is 9.84 Å². The molecule has 0 fully saturated rings. The number of rotatable bonds is 7. The second-order valence-corrected chi connectivity index (χ2v) is 2.86. The molecule has 1 atom stereocenters. The zero-order chi connectivity index (χ0) is 9.40. The number of carbonyl (C=O) groups excluding carboxylic acids is 1. The number of aliphatic hydroxyl groups excluding tert-OH is 1. The van der Waals surface area contributed by atoms with Crippen LogP contribution in [-0.4, -0.2) is 23.8 Å². The lowest BCUT2D eigenvalue weighted by molar-refractivity contribution is -0.124. The monoisotopic (exact) mass is 174 g/mol. The highest BCUT2D eigenvalue weighted by atomic mass is 16.6. The summed E-state index contributed by atoms with van der Waals surface area (Å²) in [4.78, 5) is 11.0. The van der Waals surface area contributed by atoms with E-state index in [1.807, 2.05) is 0 Å². The molecule has 0 bridgehead atoms. The van der Waals surface area contributed by atoms with Gasteiger partial charge < -0.3 is 9.84 Å². The number of ether oxygens (including phenoxy) is 1. The number of hydrogen-bond acceptors (Lipinski definition) is 3. The highest BCUT2D eigenvalue weighted by molar-refractivity contribution is 5.78. The molecule has 0 aliphatic rings. The number of ketones is 1. The van der Waals surface area contributed by atoms with E-state index in [9.17, 15) is 4.79 Å². The molecular weight excluding hydrogens is 156 g/mol. The van der Waals surface area contributed by atoms with Gasteiger partial charge in [0, 0.05) is 12.8 Å². The number of unbranched alkanes of at least 4 members (excludes halogenated alkanes) is 1. The van der Waals surface area contributed by atoms with Gasteiger partial charge in [0.1, 0.15) is 5.78 Å². The van der Waals surface area contributed by atoms with Crippen LogP contribution in [0.1, 0.15) is 39.5 Å². The van der Waals surface area contributed by atoms with Crippen molar-refractivity contribution in [2.45, 2.75) is 45.8 Å². The Kier molecular flexibility index (Phi) is 7.00. The second-order valence-electron chi connectivity index (χ2n) is 2.86. The van der Waals surface area contributed by atoms with Crippen molar-refractivity contribution in [2.24, 2.45) is 0 Å². The van der Waals surface area contributed by atoms with Crippen molar-refractivity contribution in [2.75, 3.05) is 6.61 Å². The van der Waals surface area contributed by atoms with Crippen molar-refractivity contribution in [1.82, 2.24) is 0 Å². The zero-order valence-corrected chi connectivity index (χ0v) is 7.88. The zero-order valence-electron chi connectivity index (χ0n) is 7.88. The van der Waals surface area contributed by atoms with E-state index >= 15 is 0 Å². The maximum absolute atomic E-state index is 11.0. The summed E-state index contributed by atoms with van der Waals surface area (Å²) in [6.07, 6.45) is 2.30. The predicted octanol–water partition coefficient (Wildman–Crippen LogP) is 1.49. The van der Waals surface area contributed by atoms with Crippen LogP contribution in [-0.2, 0) is 9.53 Å². The van der Waals surface area contributed by atoms with E-state index in [1.54, 1.807) is 0 Å². The van der Waals surface area contributed by atoms with Crippen LogP contribution in [0.5, 0.6) is 0 Å². The van der Waals surface area contributed by atoms with Crippen LogP contribution in [0.25, 0.3) is 0 Å². The molecule has 1 unspecified atom stereocenters. The first kappa shape index (κ1) is 11.6. The topological polar surface area (TPSA) is 46.5 Å². The number of Topliss-reactive ketones (excluding diaryl/α,β-unsaturated/α-hetero) is 1. The minimum absolute atomic E-state index is 0.220. The molecule has 3 heteroatoms. The first-order valence-corrected chi connectivity index (χ1v) is 4.48. The standard InChI is InChI=1S/C9H18O3/c1-3-4-5-9(11)6-7-12-8(2)10/h8,10H,3-7H2,1-2H3. The minimum atomic E-state index is -0.760. The maximum Gasteiger partial charge on any atom is 0.151 e. The van der Waals surface area contributed by atoms with Crippen molar-refractivity contribution in [3.8, 4) is 0 Å². The Balaban J connectivity index is 3.20. The Hall–Kier alpha value is -0.410. The minimum Gasteiger partial charge on any atom is -0.368 e. The fraction of sp³-hybridized carbons (Fsp3) is 0.889. The molecule has 0 heterocycles. The molecule has 0 aliphatic heterocycles. The molecule has 0 rings (SSSR count). The summed E-state index contributed by atoms with van der Waals surface area (Å²) >= 11 is 0. The van der Waals surface area contributed by atoms with Gasteiger partial charge in [0.05, 0.1) is 6.61 Å². The normalized spacial score (nSPS) is 12.9. The van der Waals surface area contributed by atoms with Gasteiger partial charge >= 0.3 is 0 Å². The Bertz CT molecular complexity index is 121. The van der Waals surface area contributed by atoms with Gasteiger partial charge in [0.2, 0.25) is 0 Å². The van der Waals surface area contributed by atoms with Crippen LogP contribution >= 0.6 is 0 Å². The first-order chi connectivity index (χ1) is 5.66. The summed E-state index contributed by atoms with van der Waals surface area (Å²) < 4.78 is 4.83. The maximum atomic E-state index is 11.0. The van der Waals surface area contributed by atoms with Gasteiger partial charge in [0.25, 0.3) is 0 Å². The van der Waals surface area contributed by atoms with Crippen molar-refractivity contribution in [3.05, 3.63) is 0 Å². The summed E-state index contributed by atoms with van der Waals surface area (Å²) in [5.41, 5.74) is 0.